The topological polar surface area (TPSA) is 57.7 Å². The van der Waals surface area contributed by atoms with E-state index in [0.717, 1.165) is 22.9 Å². The Bertz CT molecular complexity index is 824. The zero-order valence-electron chi connectivity index (χ0n) is 14.9. The maximum Gasteiger partial charge on any atom is 0.243 e. The molecule has 0 fully saturated rings. The molecule has 0 radical (unpaired) electrons. The molecule has 0 aliphatic heterocycles. The highest BCUT2D eigenvalue weighted by atomic mass is 32.2. The summed E-state index contributed by atoms with van der Waals surface area (Å²) in [5.41, 5.74) is 0.687. The van der Waals surface area contributed by atoms with Crippen LogP contribution in [-0.2, 0) is 14.8 Å². The predicted octanol–water partition coefficient (Wildman–Crippen LogP) is 3.28. The summed E-state index contributed by atoms with van der Waals surface area (Å²) in [4.78, 5) is 14.0. The number of halogens is 1. The number of hydrogen-bond acceptors (Lipinski definition) is 3. The summed E-state index contributed by atoms with van der Waals surface area (Å²) in [5.74, 6) is -0.845. The quantitative estimate of drug-likeness (QED) is 0.708. The number of anilines is 1. The summed E-state index contributed by atoms with van der Waals surface area (Å²) < 4.78 is 40.0. The van der Waals surface area contributed by atoms with Crippen LogP contribution >= 0.6 is 0 Å². The number of carbonyl (C=O) groups is 1. The number of unbranched alkanes of at least 4 members (excludes halogenated alkanes) is 1. The smallest absolute Gasteiger partial charge is 0.243 e. The molecular formula is C19H23FN2O3S. The van der Waals surface area contributed by atoms with Crippen LogP contribution in [0, 0.1) is 5.82 Å². The molecule has 1 amide bonds. The van der Waals surface area contributed by atoms with Gasteiger partial charge in [-0.1, -0.05) is 31.5 Å². The van der Waals surface area contributed by atoms with Gasteiger partial charge in [0.2, 0.25) is 15.9 Å². The molecule has 2 aromatic carbocycles. The van der Waals surface area contributed by atoms with Crippen LogP contribution in [0.4, 0.5) is 10.1 Å². The average Bonchev–Trinajstić information content (AvgIpc) is 2.65. The Morgan fingerprint density at radius 2 is 1.65 bits per heavy atom. The lowest BCUT2D eigenvalue weighted by Gasteiger charge is -2.25. The lowest BCUT2D eigenvalue weighted by atomic mass is 10.3. The van der Waals surface area contributed by atoms with Gasteiger partial charge in [0.15, 0.2) is 0 Å². The van der Waals surface area contributed by atoms with Gasteiger partial charge in [0.05, 0.1) is 11.4 Å². The number of nitrogens with zero attached hydrogens (tertiary/aromatic N) is 2. The van der Waals surface area contributed by atoms with Gasteiger partial charge in [-0.3, -0.25) is 4.79 Å². The molecule has 0 aromatic heterocycles. The van der Waals surface area contributed by atoms with Gasteiger partial charge in [0, 0.05) is 19.3 Å². The first kappa shape index (κ1) is 20.1. The van der Waals surface area contributed by atoms with Gasteiger partial charge < -0.3 is 4.90 Å². The van der Waals surface area contributed by atoms with Crippen LogP contribution in [-0.4, -0.2) is 38.8 Å². The molecule has 0 atom stereocenters. The van der Waals surface area contributed by atoms with E-state index < -0.39 is 15.8 Å². The van der Waals surface area contributed by atoms with E-state index in [9.17, 15) is 17.6 Å². The van der Waals surface area contributed by atoms with E-state index in [-0.39, 0.29) is 23.9 Å². The molecular weight excluding hydrogens is 355 g/mol. The molecule has 0 aliphatic carbocycles. The minimum Gasteiger partial charge on any atom is -0.314 e. The molecule has 0 saturated heterocycles. The Hall–Kier alpha value is -2.25. The minimum atomic E-state index is -3.88. The van der Waals surface area contributed by atoms with Gasteiger partial charge in [-0.25, -0.2) is 12.8 Å². The molecule has 0 aliphatic rings. The molecule has 26 heavy (non-hydrogen) atoms. The summed E-state index contributed by atoms with van der Waals surface area (Å²) in [7, 11) is -2.27. The van der Waals surface area contributed by atoms with Crippen molar-refractivity contribution in [1.29, 1.82) is 0 Å². The fourth-order valence-electron chi connectivity index (χ4n) is 2.43. The largest absolute Gasteiger partial charge is 0.314 e. The highest BCUT2D eigenvalue weighted by Gasteiger charge is 2.27. The van der Waals surface area contributed by atoms with E-state index in [1.54, 1.807) is 19.2 Å². The lowest BCUT2D eigenvalue weighted by molar-refractivity contribution is -0.118. The third-order valence-corrected chi connectivity index (χ3v) is 5.90. The first-order chi connectivity index (χ1) is 12.4. The normalized spacial score (nSPS) is 11.5. The minimum absolute atomic E-state index is 0.0230. The zero-order chi connectivity index (χ0) is 19.2. The molecule has 0 saturated carbocycles. The van der Waals surface area contributed by atoms with Gasteiger partial charge in [0.1, 0.15) is 5.82 Å². The Morgan fingerprint density at radius 1 is 1.04 bits per heavy atom. The molecule has 0 heterocycles. The second-order valence-electron chi connectivity index (χ2n) is 5.93. The average molecular weight is 378 g/mol. The van der Waals surface area contributed by atoms with Crippen LogP contribution in [0.3, 0.4) is 0 Å². The number of benzene rings is 2. The Labute approximate surface area is 154 Å². The van der Waals surface area contributed by atoms with Gasteiger partial charge in [0.25, 0.3) is 0 Å². The third kappa shape index (κ3) is 4.89. The van der Waals surface area contributed by atoms with Crippen molar-refractivity contribution in [2.75, 3.05) is 25.0 Å². The number of amides is 1. The number of para-hydroxylation sites is 1. The van der Waals surface area contributed by atoms with Crippen molar-refractivity contribution in [1.82, 2.24) is 4.31 Å². The van der Waals surface area contributed by atoms with Gasteiger partial charge in [-0.15, -0.1) is 0 Å². The van der Waals surface area contributed by atoms with E-state index in [2.05, 4.69) is 0 Å². The van der Waals surface area contributed by atoms with Crippen molar-refractivity contribution in [2.24, 2.45) is 0 Å². The summed E-state index contributed by atoms with van der Waals surface area (Å²) in [6, 6.07) is 13.7. The number of rotatable bonds is 8. The maximum atomic E-state index is 13.1. The fraction of sp³-hybridized carbons (Fsp3) is 0.316. The molecule has 7 heteroatoms. The molecule has 0 unspecified atom stereocenters. The van der Waals surface area contributed by atoms with E-state index in [1.807, 2.05) is 25.1 Å². The first-order valence-corrected chi connectivity index (χ1v) is 9.87. The monoisotopic (exact) mass is 378 g/mol. The molecule has 2 rings (SSSR count). The second kappa shape index (κ2) is 8.91. The Balaban J connectivity index is 2.23. The van der Waals surface area contributed by atoms with Gasteiger partial charge >= 0.3 is 0 Å². The third-order valence-electron chi connectivity index (χ3n) is 4.04. The summed E-state index contributed by atoms with van der Waals surface area (Å²) in [6.07, 6.45) is 1.42. The van der Waals surface area contributed by atoms with Crippen molar-refractivity contribution in [2.45, 2.75) is 24.7 Å². The van der Waals surface area contributed by atoms with E-state index in [4.69, 9.17) is 0 Å². The number of hydrogen-bond donors (Lipinski definition) is 0. The molecule has 5 nitrogen and oxygen atoms in total. The maximum absolute atomic E-state index is 13.1. The van der Waals surface area contributed by atoms with E-state index in [0.29, 0.717) is 12.1 Å². The van der Waals surface area contributed by atoms with Crippen molar-refractivity contribution in [3.8, 4) is 0 Å². The highest BCUT2D eigenvalue weighted by Crippen LogP contribution is 2.18. The van der Waals surface area contributed by atoms with Crippen LogP contribution in [0.2, 0.25) is 0 Å². The fourth-order valence-corrected chi connectivity index (χ4v) is 3.85. The van der Waals surface area contributed by atoms with Crippen molar-refractivity contribution >= 4 is 21.6 Å². The van der Waals surface area contributed by atoms with Crippen LogP contribution in [0.1, 0.15) is 19.8 Å². The number of carbonyl (C=O) groups excluding carboxylic acids is 1. The van der Waals surface area contributed by atoms with Crippen molar-refractivity contribution < 1.29 is 17.6 Å². The van der Waals surface area contributed by atoms with Crippen molar-refractivity contribution in [3.05, 3.63) is 60.4 Å². The van der Waals surface area contributed by atoms with Gasteiger partial charge in [-0.05, 0) is 42.8 Å². The van der Waals surface area contributed by atoms with Crippen LogP contribution in [0.15, 0.2) is 59.5 Å². The van der Waals surface area contributed by atoms with Crippen LogP contribution < -0.4 is 4.90 Å². The SMILES string of the molecule is CCCCN(CC(=O)N(C)c1ccccc1)S(=O)(=O)c1ccc(F)cc1. The Morgan fingerprint density at radius 3 is 2.23 bits per heavy atom. The van der Waals surface area contributed by atoms with Crippen molar-refractivity contribution in [3.63, 3.8) is 0 Å². The predicted molar refractivity (Wildman–Crippen MR) is 99.9 cm³/mol. The Kier molecular flexibility index (Phi) is 6.88. The van der Waals surface area contributed by atoms with E-state index in [1.165, 1.54) is 17.0 Å². The molecule has 0 spiro atoms. The molecule has 0 bridgehead atoms. The first-order valence-electron chi connectivity index (χ1n) is 8.43. The zero-order valence-corrected chi connectivity index (χ0v) is 15.7. The standard InChI is InChI=1S/C19H23FN2O3S/c1-3-4-14-22(26(24,25)18-12-10-16(20)11-13-18)15-19(23)21(2)17-8-6-5-7-9-17/h5-13H,3-4,14-15H2,1-2H3. The van der Waals surface area contributed by atoms with Gasteiger partial charge in [-0.2, -0.15) is 4.31 Å². The van der Waals surface area contributed by atoms with E-state index >= 15 is 0 Å². The summed E-state index contributed by atoms with van der Waals surface area (Å²) in [6.45, 7) is 1.90. The molecule has 2 aromatic rings. The summed E-state index contributed by atoms with van der Waals surface area (Å²) in [5, 5.41) is 0. The number of likely N-dealkylation sites (N-methyl/N-ethyl adjacent to an activating group) is 1. The highest BCUT2D eigenvalue weighted by molar-refractivity contribution is 7.89. The van der Waals surface area contributed by atoms with Crippen LogP contribution in [0.5, 0.6) is 0 Å². The molecule has 140 valence electrons. The molecule has 0 N–H and O–H groups in total. The summed E-state index contributed by atoms with van der Waals surface area (Å²) >= 11 is 0. The lowest BCUT2D eigenvalue weighted by Crippen LogP contribution is -2.42. The second-order valence-corrected chi connectivity index (χ2v) is 7.87. The van der Waals surface area contributed by atoms with Crippen LogP contribution in [0.25, 0.3) is 0 Å². The number of sulfonamides is 1.